The second-order valence-corrected chi connectivity index (χ2v) is 4.67. The number of carbonyl (C=O) groups is 3. The molecule has 2 fully saturated rings. The summed E-state index contributed by atoms with van der Waals surface area (Å²) in [6, 6.07) is -0.797. The number of hydrogen-bond acceptors (Lipinski definition) is 6. The quantitative estimate of drug-likeness (QED) is 0.665. The summed E-state index contributed by atoms with van der Waals surface area (Å²) >= 11 is 0. The molecule has 3 unspecified atom stereocenters. The Kier molecular flexibility index (Phi) is 4.56. The van der Waals surface area contributed by atoms with Crippen LogP contribution in [-0.2, 0) is 28.6 Å². The molecule has 0 bridgehead atoms. The largest absolute Gasteiger partial charge is 0.479 e. The minimum Gasteiger partial charge on any atom is -0.479 e. The second kappa shape index (κ2) is 6.19. The summed E-state index contributed by atoms with van der Waals surface area (Å²) in [6.07, 6.45) is -1.15. The van der Waals surface area contributed by atoms with E-state index < -0.39 is 30.2 Å². The lowest BCUT2D eigenvalue weighted by molar-refractivity contribution is -0.168. The Balaban J connectivity index is 2.03. The fourth-order valence-electron chi connectivity index (χ4n) is 2.38. The molecule has 2 rings (SSSR count). The highest BCUT2D eigenvalue weighted by Crippen LogP contribution is 2.23. The van der Waals surface area contributed by atoms with Crippen molar-refractivity contribution in [3.05, 3.63) is 0 Å². The van der Waals surface area contributed by atoms with Gasteiger partial charge in [-0.1, -0.05) is 0 Å². The second-order valence-electron chi connectivity index (χ2n) is 4.67. The fourth-order valence-corrected chi connectivity index (χ4v) is 2.38. The molecular weight excluding hydrogens is 270 g/mol. The molecule has 2 saturated heterocycles. The first kappa shape index (κ1) is 14.7. The molecule has 0 radical (unpaired) electrons. The number of aliphatic carboxylic acids is 1. The number of hydrogen-bond donors (Lipinski definition) is 1. The van der Waals surface area contributed by atoms with Crippen LogP contribution >= 0.6 is 0 Å². The van der Waals surface area contributed by atoms with Crippen LogP contribution in [0.3, 0.4) is 0 Å². The number of carboxylic acids is 1. The topological polar surface area (TPSA) is 102 Å². The van der Waals surface area contributed by atoms with E-state index >= 15 is 0 Å². The minimum absolute atomic E-state index is 0.0769. The Labute approximate surface area is 115 Å². The van der Waals surface area contributed by atoms with Crippen LogP contribution in [0.5, 0.6) is 0 Å². The third-order valence-corrected chi connectivity index (χ3v) is 3.46. The molecule has 0 spiro atoms. The number of carbonyl (C=O) groups excluding carboxylic acids is 2. The van der Waals surface area contributed by atoms with Gasteiger partial charge in [-0.3, -0.25) is 4.79 Å². The monoisotopic (exact) mass is 287 g/mol. The van der Waals surface area contributed by atoms with Gasteiger partial charge >= 0.3 is 11.9 Å². The van der Waals surface area contributed by atoms with Crippen molar-refractivity contribution in [2.45, 2.75) is 31.1 Å². The number of carboxylic acid groups (broad SMARTS) is 1. The van der Waals surface area contributed by atoms with Crippen molar-refractivity contribution >= 4 is 17.8 Å². The fraction of sp³-hybridized carbons (Fsp3) is 0.750. The normalized spacial score (nSPS) is 30.1. The third kappa shape index (κ3) is 2.91. The van der Waals surface area contributed by atoms with E-state index in [0.717, 1.165) is 0 Å². The van der Waals surface area contributed by atoms with Crippen molar-refractivity contribution in [2.75, 3.05) is 26.9 Å². The molecule has 20 heavy (non-hydrogen) atoms. The summed E-state index contributed by atoms with van der Waals surface area (Å²) in [7, 11) is 1.24. The Morgan fingerprint density at radius 3 is 2.55 bits per heavy atom. The molecule has 0 saturated carbocycles. The molecule has 0 aromatic heterocycles. The third-order valence-electron chi connectivity index (χ3n) is 3.46. The van der Waals surface area contributed by atoms with Gasteiger partial charge in [0.1, 0.15) is 6.10 Å². The zero-order valence-electron chi connectivity index (χ0n) is 11.1. The molecule has 3 atom stereocenters. The van der Waals surface area contributed by atoms with Gasteiger partial charge in [0.05, 0.1) is 20.3 Å². The van der Waals surface area contributed by atoms with Gasteiger partial charge in [-0.05, 0) is 12.8 Å². The number of amides is 1. The number of morpholine rings is 1. The van der Waals surface area contributed by atoms with Gasteiger partial charge in [0.25, 0.3) is 5.91 Å². The van der Waals surface area contributed by atoms with Crippen LogP contribution in [0.2, 0.25) is 0 Å². The van der Waals surface area contributed by atoms with Crippen molar-refractivity contribution in [3.63, 3.8) is 0 Å². The van der Waals surface area contributed by atoms with Gasteiger partial charge in [0.2, 0.25) is 0 Å². The lowest BCUT2D eigenvalue weighted by atomic mass is 10.1. The van der Waals surface area contributed by atoms with E-state index in [9.17, 15) is 14.4 Å². The van der Waals surface area contributed by atoms with Crippen molar-refractivity contribution in [3.8, 4) is 0 Å². The molecule has 2 heterocycles. The van der Waals surface area contributed by atoms with E-state index in [1.165, 1.54) is 12.0 Å². The van der Waals surface area contributed by atoms with Crippen LogP contribution in [0, 0.1) is 0 Å². The summed E-state index contributed by atoms with van der Waals surface area (Å²) < 4.78 is 15.0. The first-order valence-electron chi connectivity index (χ1n) is 6.39. The summed E-state index contributed by atoms with van der Waals surface area (Å²) in [4.78, 5) is 36.2. The smallest absolute Gasteiger partial charge is 0.332 e. The maximum atomic E-state index is 12.3. The molecular formula is C12H17NO7. The van der Waals surface area contributed by atoms with Gasteiger partial charge in [0.15, 0.2) is 12.1 Å². The van der Waals surface area contributed by atoms with Crippen molar-refractivity contribution in [2.24, 2.45) is 0 Å². The van der Waals surface area contributed by atoms with Gasteiger partial charge in [-0.25, -0.2) is 9.59 Å². The van der Waals surface area contributed by atoms with E-state index in [2.05, 4.69) is 4.74 Å². The van der Waals surface area contributed by atoms with E-state index in [-0.39, 0.29) is 19.1 Å². The van der Waals surface area contributed by atoms with E-state index in [4.69, 9.17) is 14.6 Å². The minimum atomic E-state index is -1.08. The Morgan fingerprint density at radius 2 is 1.95 bits per heavy atom. The van der Waals surface area contributed by atoms with Crippen molar-refractivity contribution in [1.82, 2.24) is 4.90 Å². The molecule has 8 heteroatoms. The number of ether oxygens (including phenoxy) is 3. The predicted molar refractivity (Wildman–Crippen MR) is 63.9 cm³/mol. The number of esters is 1. The highest BCUT2D eigenvalue weighted by atomic mass is 16.5. The lowest BCUT2D eigenvalue weighted by Gasteiger charge is -2.35. The molecule has 2 aliphatic heterocycles. The van der Waals surface area contributed by atoms with E-state index in [1.54, 1.807) is 0 Å². The van der Waals surface area contributed by atoms with Crippen molar-refractivity contribution in [1.29, 1.82) is 0 Å². The van der Waals surface area contributed by atoms with Gasteiger partial charge in [0, 0.05) is 6.54 Å². The number of methoxy groups -OCH3 is 1. The average Bonchev–Trinajstić information content (AvgIpc) is 2.95. The summed E-state index contributed by atoms with van der Waals surface area (Å²) in [5.41, 5.74) is 0. The molecule has 0 aliphatic carbocycles. The lowest BCUT2D eigenvalue weighted by Crippen LogP contribution is -2.55. The van der Waals surface area contributed by atoms with Gasteiger partial charge in [-0.15, -0.1) is 0 Å². The molecule has 0 aromatic rings. The summed E-state index contributed by atoms with van der Waals surface area (Å²) in [5.74, 6) is -2.01. The van der Waals surface area contributed by atoms with Crippen LogP contribution in [0.25, 0.3) is 0 Å². The first-order valence-corrected chi connectivity index (χ1v) is 6.39. The SMILES string of the molecule is COC(=O)C1COCCN1C(=O)C1CCC(C(=O)O)O1. The Hall–Kier alpha value is -1.67. The molecule has 0 aromatic carbocycles. The average molecular weight is 287 g/mol. The van der Waals surface area contributed by atoms with Crippen LogP contribution < -0.4 is 0 Å². The van der Waals surface area contributed by atoms with E-state index in [0.29, 0.717) is 19.4 Å². The molecule has 112 valence electrons. The van der Waals surface area contributed by atoms with Crippen LogP contribution in [0.1, 0.15) is 12.8 Å². The maximum Gasteiger partial charge on any atom is 0.332 e. The zero-order valence-corrected chi connectivity index (χ0v) is 11.1. The predicted octanol–water partition coefficient (Wildman–Crippen LogP) is -0.981. The molecule has 1 amide bonds. The van der Waals surface area contributed by atoms with Crippen LogP contribution in [-0.4, -0.2) is 73.0 Å². The van der Waals surface area contributed by atoms with Crippen LogP contribution in [0.15, 0.2) is 0 Å². The van der Waals surface area contributed by atoms with E-state index in [1.807, 2.05) is 0 Å². The highest BCUT2D eigenvalue weighted by molar-refractivity contribution is 5.88. The molecule has 8 nitrogen and oxygen atoms in total. The summed E-state index contributed by atoms with van der Waals surface area (Å²) in [6.45, 7) is 0.665. The standard InChI is InChI=1S/C12H17NO7/c1-18-12(17)7-6-19-5-4-13(7)10(14)8-2-3-9(20-8)11(15)16/h7-9H,2-6H2,1H3,(H,15,16). The molecule has 2 aliphatic rings. The van der Waals surface area contributed by atoms with Crippen LogP contribution in [0.4, 0.5) is 0 Å². The molecule has 1 N–H and O–H groups in total. The Bertz CT molecular complexity index is 411. The van der Waals surface area contributed by atoms with Gasteiger partial charge < -0.3 is 24.2 Å². The zero-order chi connectivity index (χ0) is 14.7. The Morgan fingerprint density at radius 1 is 1.25 bits per heavy atom. The number of nitrogens with zero attached hydrogens (tertiary/aromatic N) is 1. The maximum absolute atomic E-state index is 12.3. The number of rotatable bonds is 3. The van der Waals surface area contributed by atoms with Gasteiger partial charge in [-0.2, -0.15) is 0 Å². The van der Waals surface area contributed by atoms with Crippen molar-refractivity contribution < 1.29 is 33.7 Å². The first-order chi connectivity index (χ1) is 9.54. The highest BCUT2D eigenvalue weighted by Gasteiger charge is 2.41. The summed E-state index contributed by atoms with van der Waals surface area (Å²) in [5, 5.41) is 8.86.